The zero-order valence-electron chi connectivity index (χ0n) is 24.6. The van der Waals surface area contributed by atoms with Gasteiger partial charge >= 0.3 is 5.69 Å². The third kappa shape index (κ3) is 7.59. The number of carbonyl (C=O) groups excluding carboxylic acids is 1. The quantitative estimate of drug-likeness (QED) is 0.181. The van der Waals surface area contributed by atoms with Gasteiger partial charge in [0.05, 0.1) is 4.92 Å². The Morgan fingerprint density at radius 3 is 2.29 bits per heavy atom. The number of nitro benzene ring substituents is 1. The number of amides is 1. The van der Waals surface area contributed by atoms with Crippen molar-refractivity contribution in [1.82, 2.24) is 9.80 Å². The molecular weight excluding hydrogens is 532 g/mol. The molecule has 0 aromatic heterocycles. The van der Waals surface area contributed by atoms with Crippen molar-refractivity contribution in [3.63, 3.8) is 0 Å². The fourth-order valence-electron chi connectivity index (χ4n) is 5.39. The number of rotatable bonds is 13. The van der Waals surface area contributed by atoms with Crippen molar-refractivity contribution in [2.75, 3.05) is 57.3 Å². The normalized spacial score (nSPS) is 16.5. The highest BCUT2D eigenvalue weighted by molar-refractivity contribution is 5.76. The third-order valence-corrected chi connectivity index (χ3v) is 8.30. The van der Waals surface area contributed by atoms with E-state index in [-0.39, 0.29) is 35.5 Å². The second kappa shape index (κ2) is 14.2. The zero-order chi connectivity index (χ0) is 30.1. The average Bonchev–Trinajstić information content (AvgIpc) is 3.03. The maximum atomic E-state index is 12.9. The summed E-state index contributed by atoms with van der Waals surface area (Å²) in [7, 11) is 0. The van der Waals surface area contributed by atoms with Crippen LogP contribution in [0.3, 0.4) is 0 Å². The molecule has 2 saturated heterocycles. The summed E-state index contributed by atoms with van der Waals surface area (Å²) < 4.78 is 11.5. The van der Waals surface area contributed by atoms with Crippen LogP contribution in [0.5, 0.6) is 11.5 Å². The Balaban J connectivity index is 1.19. The molecule has 0 saturated carbocycles. The molecule has 42 heavy (non-hydrogen) atoms. The number of allylic oxidation sites excluding steroid dienone is 2. The van der Waals surface area contributed by atoms with Crippen LogP contribution >= 0.6 is 0 Å². The molecule has 0 N–H and O–H groups in total. The molecule has 2 aliphatic rings. The van der Waals surface area contributed by atoms with E-state index in [1.54, 1.807) is 12.1 Å². The van der Waals surface area contributed by atoms with Gasteiger partial charge in [-0.25, -0.2) is 0 Å². The first kappa shape index (κ1) is 30.8. The lowest BCUT2D eigenvalue weighted by molar-refractivity contribution is -0.385. The van der Waals surface area contributed by atoms with Crippen LogP contribution in [0.2, 0.25) is 0 Å². The van der Waals surface area contributed by atoms with Gasteiger partial charge in [0, 0.05) is 88.3 Å². The van der Waals surface area contributed by atoms with Crippen LogP contribution in [0.4, 0.5) is 11.4 Å². The van der Waals surface area contributed by atoms with E-state index in [2.05, 4.69) is 60.7 Å². The lowest BCUT2D eigenvalue weighted by Gasteiger charge is -2.37. The van der Waals surface area contributed by atoms with Gasteiger partial charge in [-0.15, -0.1) is 13.2 Å². The summed E-state index contributed by atoms with van der Waals surface area (Å²) in [5, 5.41) is 11.3. The van der Waals surface area contributed by atoms with Crippen LogP contribution in [0.15, 0.2) is 80.4 Å². The minimum atomic E-state index is -0.478. The van der Waals surface area contributed by atoms with Gasteiger partial charge in [-0.05, 0) is 30.7 Å². The monoisotopic (exact) mass is 574 g/mol. The molecule has 0 bridgehead atoms. The fourth-order valence-corrected chi connectivity index (χ4v) is 5.39. The van der Waals surface area contributed by atoms with Crippen molar-refractivity contribution in [3.8, 4) is 11.5 Å². The van der Waals surface area contributed by atoms with Crippen LogP contribution in [0, 0.1) is 10.1 Å². The molecular formula is C33H42N4O5. The number of anilines is 1. The molecule has 2 aliphatic heterocycles. The number of ether oxygens (including phenoxy) is 2. The van der Waals surface area contributed by atoms with Crippen LogP contribution in [-0.4, -0.2) is 79.2 Å². The van der Waals surface area contributed by atoms with Crippen molar-refractivity contribution in [1.29, 1.82) is 0 Å². The van der Waals surface area contributed by atoms with Crippen LogP contribution in [-0.2, 0) is 10.2 Å². The Labute approximate surface area is 248 Å². The highest BCUT2D eigenvalue weighted by Crippen LogP contribution is 2.33. The first-order valence-corrected chi connectivity index (χ1v) is 14.6. The summed E-state index contributed by atoms with van der Waals surface area (Å²) >= 11 is 0. The van der Waals surface area contributed by atoms with E-state index in [0.29, 0.717) is 38.1 Å². The number of nitro groups is 1. The molecule has 1 amide bonds. The largest absolute Gasteiger partial charge is 0.490 e. The van der Waals surface area contributed by atoms with Crippen molar-refractivity contribution >= 4 is 17.3 Å². The van der Waals surface area contributed by atoms with E-state index >= 15 is 0 Å². The van der Waals surface area contributed by atoms with Gasteiger partial charge < -0.3 is 19.3 Å². The number of benzene rings is 2. The smallest absolute Gasteiger partial charge is 0.311 e. The van der Waals surface area contributed by atoms with Crippen LogP contribution in [0.25, 0.3) is 0 Å². The lowest BCUT2D eigenvalue weighted by atomic mass is 9.83. The van der Waals surface area contributed by atoms with Crippen molar-refractivity contribution in [3.05, 3.63) is 96.1 Å². The van der Waals surface area contributed by atoms with Crippen LogP contribution < -0.4 is 14.4 Å². The standard InChI is InChI=1S/C33H42N4O5/c1-5-24-41-31-25-29(12-13-30(31)37(39)40)42-28-14-18-36(19-15-28)32(38)16-17-34-20-22-35(23-21-34)27-10-8-26(9-11-27)33(4,6-2)7-3/h5-13,25,28H,1-3,14-24H2,4H3. The average molecular weight is 575 g/mol. The summed E-state index contributed by atoms with van der Waals surface area (Å²) in [4.78, 5) is 30.4. The molecule has 0 aliphatic carbocycles. The van der Waals surface area contributed by atoms with E-state index in [1.165, 1.54) is 23.4 Å². The second-order valence-corrected chi connectivity index (χ2v) is 11.0. The predicted octanol–water partition coefficient (Wildman–Crippen LogP) is 5.37. The van der Waals surface area contributed by atoms with Gasteiger partial charge in [-0.2, -0.15) is 0 Å². The van der Waals surface area contributed by atoms with Crippen LogP contribution in [0.1, 0.15) is 31.7 Å². The lowest BCUT2D eigenvalue weighted by Crippen LogP contribution is -2.48. The molecule has 4 rings (SSSR count). The van der Waals surface area contributed by atoms with Crippen molar-refractivity contribution in [2.45, 2.75) is 37.7 Å². The Morgan fingerprint density at radius 2 is 1.69 bits per heavy atom. The van der Waals surface area contributed by atoms with E-state index in [9.17, 15) is 14.9 Å². The van der Waals surface area contributed by atoms with Gasteiger partial charge in [-0.3, -0.25) is 19.8 Å². The topological polar surface area (TPSA) is 88.4 Å². The first-order chi connectivity index (χ1) is 20.3. The fraction of sp³-hybridized carbons (Fsp3) is 0.424. The van der Waals surface area contributed by atoms with Crippen molar-refractivity contribution in [2.24, 2.45) is 0 Å². The Bertz CT molecular complexity index is 1250. The van der Waals surface area contributed by atoms with E-state index in [0.717, 1.165) is 32.7 Å². The maximum absolute atomic E-state index is 12.9. The first-order valence-electron chi connectivity index (χ1n) is 14.6. The summed E-state index contributed by atoms with van der Waals surface area (Å²) in [6.45, 7) is 19.5. The molecule has 9 heteroatoms. The Kier molecular flexibility index (Phi) is 10.4. The summed E-state index contributed by atoms with van der Waals surface area (Å²) in [6, 6.07) is 13.2. The van der Waals surface area contributed by atoms with Gasteiger partial charge in [0.2, 0.25) is 11.7 Å². The number of piperazine rings is 1. The number of hydrogen-bond donors (Lipinski definition) is 0. The summed E-state index contributed by atoms with van der Waals surface area (Å²) in [5.74, 6) is 0.851. The third-order valence-electron chi connectivity index (χ3n) is 8.30. The summed E-state index contributed by atoms with van der Waals surface area (Å²) in [5.41, 5.74) is 2.05. The van der Waals surface area contributed by atoms with Gasteiger partial charge in [0.15, 0.2) is 0 Å². The minimum Gasteiger partial charge on any atom is -0.490 e. The molecule has 2 fully saturated rings. The van der Waals surface area contributed by atoms with Gasteiger partial charge in [-0.1, -0.05) is 36.9 Å². The van der Waals surface area contributed by atoms with E-state index < -0.39 is 4.92 Å². The number of likely N-dealkylation sites (tertiary alicyclic amines) is 1. The molecule has 0 spiro atoms. The number of hydrogen-bond acceptors (Lipinski definition) is 7. The SMILES string of the molecule is C=CCOc1cc(OC2CCN(C(=O)CCN3CCN(c4ccc(C(C)(C=C)C=C)cc4)CC3)CC2)ccc1[N+](=O)[O-]. The number of carbonyl (C=O) groups is 1. The van der Waals surface area contributed by atoms with E-state index in [4.69, 9.17) is 9.47 Å². The summed E-state index contributed by atoms with van der Waals surface area (Å²) in [6.07, 6.45) is 7.24. The molecule has 2 heterocycles. The zero-order valence-corrected chi connectivity index (χ0v) is 24.6. The maximum Gasteiger partial charge on any atom is 0.311 e. The highest BCUT2D eigenvalue weighted by Gasteiger charge is 2.26. The highest BCUT2D eigenvalue weighted by atomic mass is 16.6. The Morgan fingerprint density at radius 1 is 1.02 bits per heavy atom. The van der Waals surface area contributed by atoms with Gasteiger partial charge in [0.25, 0.3) is 0 Å². The molecule has 0 radical (unpaired) electrons. The Hall–Kier alpha value is -4.11. The molecule has 9 nitrogen and oxygen atoms in total. The van der Waals surface area contributed by atoms with E-state index in [1.807, 2.05) is 17.1 Å². The van der Waals surface area contributed by atoms with Gasteiger partial charge in [0.1, 0.15) is 18.5 Å². The molecule has 0 unspecified atom stereocenters. The second-order valence-electron chi connectivity index (χ2n) is 11.0. The van der Waals surface area contributed by atoms with Crippen molar-refractivity contribution < 1.29 is 19.2 Å². The molecule has 0 atom stereocenters. The molecule has 2 aromatic rings. The number of nitrogens with zero attached hydrogens (tertiary/aromatic N) is 4. The number of piperidine rings is 1. The predicted molar refractivity (Wildman–Crippen MR) is 166 cm³/mol. The molecule has 2 aromatic carbocycles. The minimum absolute atomic E-state index is 0.0628. The molecule has 224 valence electrons.